The van der Waals surface area contributed by atoms with Crippen molar-refractivity contribution in [1.82, 2.24) is 0 Å². The summed E-state index contributed by atoms with van der Waals surface area (Å²) in [6.07, 6.45) is 0.766. The normalized spacial score (nSPS) is 11.5. The van der Waals surface area contributed by atoms with E-state index in [0.29, 0.717) is 6.61 Å². The Morgan fingerprint density at radius 1 is 1.75 bits per heavy atom. The molecular formula is C3H7BrO3P+. The Labute approximate surface area is 57.1 Å². The maximum atomic E-state index is 9.78. The fourth-order valence-corrected chi connectivity index (χ4v) is 0.711. The summed E-state index contributed by atoms with van der Waals surface area (Å²) in [5.74, 6) is 0. The summed E-state index contributed by atoms with van der Waals surface area (Å²) in [5.41, 5.74) is 0. The molecule has 0 aromatic rings. The zero-order valence-electron chi connectivity index (χ0n) is 4.21. The second-order valence-electron chi connectivity index (χ2n) is 1.11. The maximum absolute atomic E-state index is 9.78. The molecule has 0 amide bonds. The molecule has 0 saturated carbocycles. The van der Waals surface area contributed by atoms with Gasteiger partial charge in [-0.1, -0.05) is 15.9 Å². The molecule has 0 aromatic heterocycles. The monoisotopic (exact) mass is 201 g/mol. The standard InChI is InChI=1S/C3H6BrO3P/c4-2-1-3-7-8(5)6/h1-3H2/p+1. The average Bonchev–Trinajstić information content (AvgIpc) is 1.66. The van der Waals surface area contributed by atoms with Crippen molar-refractivity contribution in [2.45, 2.75) is 6.42 Å². The van der Waals surface area contributed by atoms with Gasteiger partial charge in [0.05, 0.1) is 0 Å². The molecular weight excluding hydrogens is 195 g/mol. The van der Waals surface area contributed by atoms with Gasteiger partial charge in [0.1, 0.15) is 6.61 Å². The summed E-state index contributed by atoms with van der Waals surface area (Å²) in [6.45, 7) is 0.344. The van der Waals surface area contributed by atoms with Gasteiger partial charge in [0, 0.05) is 9.90 Å². The first-order valence-corrected chi connectivity index (χ1v) is 4.37. The lowest BCUT2D eigenvalue weighted by atomic mass is 10.5. The fourth-order valence-electron chi connectivity index (χ4n) is 0.197. The van der Waals surface area contributed by atoms with Gasteiger partial charge < -0.3 is 0 Å². The summed E-state index contributed by atoms with van der Waals surface area (Å²) in [6, 6.07) is 0. The summed E-state index contributed by atoms with van der Waals surface area (Å²) in [4.78, 5) is 8.05. The van der Waals surface area contributed by atoms with Crippen molar-refractivity contribution >= 4 is 24.2 Å². The van der Waals surface area contributed by atoms with Gasteiger partial charge in [-0.3, -0.25) is 0 Å². The Hall–Kier alpha value is 0.500. The Balaban J connectivity index is 2.82. The second kappa shape index (κ2) is 5.63. The topological polar surface area (TPSA) is 46.5 Å². The molecule has 1 unspecified atom stereocenters. The molecule has 0 aliphatic rings. The quantitative estimate of drug-likeness (QED) is 0.426. The first kappa shape index (κ1) is 8.50. The molecule has 0 saturated heterocycles. The van der Waals surface area contributed by atoms with Crippen molar-refractivity contribution in [3.63, 3.8) is 0 Å². The summed E-state index contributed by atoms with van der Waals surface area (Å²) in [5, 5.41) is 0.802. The van der Waals surface area contributed by atoms with Gasteiger partial charge in [-0.25, -0.2) is 0 Å². The van der Waals surface area contributed by atoms with Crippen LogP contribution < -0.4 is 0 Å². The van der Waals surface area contributed by atoms with E-state index in [-0.39, 0.29) is 0 Å². The average molecular weight is 202 g/mol. The van der Waals surface area contributed by atoms with Gasteiger partial charge in [0.2, 0.25) is 0 Å². The van der Waals surface area contributed by atoms with Crippen LogP contribution in [-0.2, 0) is 9.09 Å². The molecule has 5 heteroatoms. The lowest BCUT2D eigenvalue weighted by molar-refractivity contribution is 0.283. The molecule has 0 spiro atoms. The molecule has 0 bridgehead atoms. The van der Waals surface area contributed by atoms with Gasteiger partial charge in [-0.2, -0.15) is 0 Å². The summed E-state index contributed by atoms with van der Waals surface area (Å²) >= 11 is 3.14. The lowest BCUT2D eigenvalue weighted by Crippen LogP contribution is -1.85. The highest BCUT2D eigenvalue weighted by Crippen LogP contribution is 2.14. The van der Waals surface area contributed by atoms with Crippen LogP contribution in [0.4, 0.5) is 0 Å². The SMILES string of the molecule is O=[P+](O)OCCCBr. The molecule has 0 radical (unpaired) electrons. The van der Waals surface area contributed by atoms with E-state index in [1.807, 2.05) is 0 Å². The molecule has 0 aromatic carbocycles. The fraction of sp³-hybridized carbons (Fsp3) is 1.00. The van der Waals surface area contributed by atoms with E-state index in [1.165, 1.54) is 0 Å². The Morgan fingerprint density at radius 2 is 2.38 bits per heavy atom. The third-order valence-electron chi connectivity index (χ3n) is 0.480. The third kappa shape index (κ3) is 6.50. The summed E-state index contributed by atoms with van der Waals surface area (Å²) < 4.78 is 14.1. The molecule has 8 heavy (non-hydrogen) atoms. The van der Waals surface area contributed by atoms with Crippen molar-refractivity contribution in [2.75, 3.05) is 11.9 Å². The van der Waals surface area contributed by atoms with Crippen LogP contribution in [-0.4, -0.2) is 16.8 Å². The van der Waals surface area contributed by atoms with Crippen LogP contribution in [0.3, 0.4) is 0 Å². The van der Waals surface area contributed by atoms with Gasteiger partial charge in [0.25, 0.3) is 0 Å². The number of hydrogen-bond acceptors (Lipinski definition) is 2. The maximum Gasteiger partial charge on any atom is 0.694 e. The number of rotatable bonds is 4. The van der Waals surface area contributed by atoms with Crippen molar-refractivity contribution in [1.29, 1.82) is 0 Å². The number of hydrogen-bond donors (Lipinski definition) is 1. The first-order valence-electron chi connectivity index (χ1n) is 2.12. The molecule has 48 valence electrons. The minimum Gasteiger partial charge on any atom is -0.133 e. The van der Waals surface area contributed by atoms with Crippen LogP contribution in [0.2, 0.25) is 0 Å². The van der Waals surface area contributed by atoms with Crippen molar-refractivity contribution in [3.05, 3.63) is 0 Å². The lowest BCUT2D eigenvalue weighted by Gasteiger charge is -1.82. The molecule has 1 N–H and O–H groups in total. The molecule has 0 aliphatic carbocycles. The smallest absolute Gasteiger partial charge is 0.133 e. The minimum atomic E-state index is -2.38. The first-order chi connectivity index (χ1) is 3.77. The van der Waals surface area contributed by atoms with Crippen LogP contribution in [0, 0.1) is 0 Å². The van der Waals surface area contributed by atoms with Crippen LogP contribution in [0.15, 0.2) is 0 Å². The highest BCUT2D eigenvalue weighted by atomic mass is 79.9. The third-order valence-corrected chi connectivity index (χ3v) is 1.44. The van der Waals surface area contributed by atoms with Crippen LogP contribution in [0.25, 0.3) is 0 Å². The van der Waals surface area contributed by atoms with Gasteiger partial charge in [0.15, 0.2) is 0 Å². The van der Waals surface area contributed by atoms with E-state index in [2.05, 4.69) is 20.5 Å². The van der Waals surface area contributed by atoms with E-state index in [9.17, 15) is 4.57 Å². The zero-order chi connectivity index (χ0) is 6.41. The Morgan fingerprint density at radius 3 is 2.75 bits per heavy atom. The van der Waals surface area contributed by atoms with Crippen LogP contribution >= 0.6 is 24.2 Å². The molecule has 0 fully saturated rings. The number of halogens is 1. The van der Waals surface area contributed by atoms with E-state index >= 15 is 0 Å². The predicted molar refractivity (Wildman–Crippen MR) is 34.2 cm³/mol. The summed E-state index contributed by atoms with van der Waals surface area (Å²) in [7, 11) is -2.38. The largest absolute Gasteiger partial charge is 0.694 e. The number of alkyl halides is 1. The zero-order valence-corrected chi connectivity index (χ0v) is 6.69. The van der Waals surface area contributed by atoms with E-state index < -0.39 is 8.25 Å². The molecule has 0 aliphatic heterocycles. The predicted octanol–water partition coefficient (Wildman–Crippen LogP) is 1.44. The highest BCUT2D eigenvalue weighted by molar-refractivity contribution is 9.09. The van der Waals surface area contributed by atoms with Gasteiger partial charge in [-0.05, 0) is 6.42 Å². The van der Waals surface area contributed by atoms with Gasteiger partial charge in [-0.15, -0.1) is 9.42 Å². The minimum absolute atomic E-state index is 0.344. The highest BCUT2D eigenvalue weighted by Gasteiger charge is 2.09. The van der Waals surface area contributed by atoms with Crippen LogP contribution in [0.1, 0.15) is 6.42 Å². The molecule has 3 nitrogen and oxygen atoms in total. The Bertz CT molecular complexity index is 76.9. The van der Waals surface area contributed by atoms with E-state index in [0.717, 1.165) is 11.8 Å². The van der Waals surface area contributed by atoms with Crippen LogP contribution in [0.5, 0.6) is 0 Å². The van der Waals surface area contributed by atoms with E-state index in [4.69, 9.17) is 4.89 Å². The Kier molecular flexibility index (Phi) is 5.99. The second-order valence-corrected chi connectivity index (χ2v) is 2.64. The molecule has 0 rings (SSSR count). The van der Waals surface area contributed by atoms with Crippen molar-refractivity contribution in [3.8, 4) is 0 Å². The van der Waals surface area contributed by atoms with Crippen molar-refractivity contribution < 1.29 is 14.0 Å². The van der Waals surface area contributed by atoms with E-state index in [1.54, 1.807) is 0 Å². The van der Waals surface area contributed by atoms with Crippen molar-refractivity contribution in [2.24, 2.45) is 0 Å². The molecule has 0 heterocycles. The molecule has 1 atom stereocenters. The van der Waals surface area contributed by atoms with Gasteiger partial charge >= 0.3 is 8.25 Å².